The molecule has 30 heavy (non-hydrogen) atoms. The maximum atomic E-state index is 12.9. The lowest BCUT2D eigenvalue weighted by Gasteiger charge is -2.30. The number of rotatable bonds is 7. The molecule has 2 saturated carbocycles. The fourth-order valence-corrected chi connectivity index (χ4v) is 6.29. The molecule has 1 aliphatic heterocycles. The predicted molar refractivity (Wildman–Crippen MR) is 108 cm³/mol. The number of carbonyl (C=O) groups is 1. The van der Waals surface area contributed by atoms with Gasteiger partial charge in [-0.15, -0.1) is 0 Å². The molecule has 3 aliphatic carbocycles. The van der Waals surface area contributed by atoms with Crippen molar-refractivity contribution in [2.45, 2.75) is 57.3 Å². The molecule has 1 aromatic rings. The van der Waals surface area contributed by atoms with Gasteiger partial charge in [0.1, 0.15) is 0 Å². The molecule has 3 fully saturated rings. The fraction of sp³-hybridized carbons (Fsp3) is 0.625. The van der Waals surface area contributed by atoms with Gasteiger partial charge in [-0.3, -0.25) is 4.79 Å². The van der Waals surface area contributed by atoms with Crippen LogP contribution in [0.3, 0.4) is 0 Å². The van der Waals surface area contributed by atoms with Crippen LogP contribution < -0.4 is 5.32 Å². The molecule has 1 spiro atoms. The lowest BCUT2D eigenvalue weighted by molar-refractivity contribution is -0.137. The van der Waals surface area contributed by atoms with Gasteiger partial charge in [-0.25, -0.2) is 0 Å². The Morgan fingerprint density at radius 2 is 2.03 bits per heavy atom. The normalized spacial score (nSPS) is 31.3. The van der Waals surface area contributed by atoms with Gasteiger partial charge in [-0.2, -0.15) is 13.2 Å². The number of allylic oxidation sites excluding steroid dienone is 2. The van der Waals surface area contributed by atoms with Crippen molar-refractivity contribution in [3.63, 3.8) is 0 Å². The van der Waals surface area contributed by atoms with Crippen molar-refractivity contribution >= 4 is 5.91 Å². The number of hydrogen-bond donors (Lipinski definition) is 1. The van der Waals surface area contributed by atoms with Crippen LogP contribution in [0, 0.1) is 23.2 Å². The summed E-state index contributed by atoms with van der Waals surface area (Å²) >= 11 is 0. The first kappa shape index (κ1) is 20.1. The molecule has 1 aromatic carbocycles. The SMILES string of the molecule is O=C1CC[C@@H](CCNCc2cccc(C(F)(F)F)c2)N1C[C@H]1C[C@H]2C=C[C@H]1C21CC1. The highest BCUT2D eigenvalue weighted by molar-refractivity contribution is 5.78. The van der Waals surface area contributed by atoms with Crippen LogP contribution in [-0.2, 0) is 17.5 Å². The van der Waals surface area contributed by atoms with Gasteiger partial charge >= 0.3 is 6.18 Å². The van der Waals surface area contributed by atoms with E-state index in [0.29, 0.717) is 42.3 Å². The third-order valence-electron chi connectivity index (χ3n) is 7.97. The van der Waals surface area contributed by atoms with Gasteiger partial charge in [0.15, 0.2) is 0 Å². The van der Waals surface area contributed by atoms with E-state index in [1.54, 1.807) is 6.07 Å². The highest BCUT2D eigenvalue weighted by Gasteiger charge is 2.62. The first-order chi connectivity index (χ1) is 14.4. The summed E-state index contributed by atoms with van der Waals surface area (Å²) in [5, 5.41) is 3.27. The quantitative estimate of drug-likeness (QED) is 0.511. The second-order valence-corrected chi connectivity index (χ2v) is 9.65. The summed E-state index contributed by atoms with van der Waals surface area (Å²) in [6.45, 7) is 1.99. The molecular weight excluding hydrogens is 389 g/mol. The molecule has 0 aromatic heterocycles. The lowest BCUT2D eigenvalue weighted by Crippen LogP contribution is -2.39. The average Bonchev–Trinajstić information content (AvgIpc) is 3.26. The summed E-state index contributed by atoms with van der Waals surface area (Å²) in [6, 6.07) is 5.72. The zero-order valence-electron chi connectivity index (χ0n) is 17.1. The molecule has 0 unspecified atom stereocenters. The molecule has 4 aliphatic rings. The molecule has 5 rings (SSSR count). The fourth-order valence-electron chi connectivity index (χ4n) is 6.29. The monoisotopic (exact) mass is 418 g/mol. The van der Waals surface area contributed by atoms with E-state index in [4.69, 9.17) is 0 Å². The number of hydrogen-bond acceptors (Lipinski definition) is 2. The van der Waals surface area contributed by atoms with E-state index >= 15 is 0 Å². The zero-order chi connectivity index (χ0) is 20.9. The van der Waals surface area contributed by atoms with E-state index in [2.05, 4.69) is 22.4 Å². The second kappa shape index (κ2) is 7.40. The Morgan fingerprint density at radius 3 is 2.77 bits per heavy atom. The summed E-state index contributed by atoms with van der Waals surface area (Å²) in [4.78, 5) is 14.6. The van der Waals surface area contributed by atoms with Crippen LogP contribution in [0.2, 0.25) is 0 Å². The Hall–Kier alpha value is -1.82. The number of carbonyl (C=O) groups excluding carboxylic acids is 1. The summed E-state index contributed by atoms with van der Waals surface area (Å²) in [6.07, 6.45) is 6.82. The Morgan fingerprint density at radius 1 is 1.20 bits per heavy atom. The Balaban J connectivity index is 1.12. The third-order valence-corrected chi connectivity index (χ3v) is 7.97. The number of likely N-dealkylation sites (tertiary alicyclic amines) is 1. The molecule has 6 heteroatoms. The van der Waals surface area contributed by atoms with E-state index in [-0.39, 0.29) is 11.9 Å². The minimum Gasteiger partial charge on any atom is -0.339 e. The van der Waals surface area contributed by atoms with E-state index in [0.717, 1.165) is 31.4 Å². The molecule has 3 nitrogen and oxygen atoms in total. The summed E-state index contributed by atoms with van der Waals surface area (Å²) < 4.78 is 38.6. The number of alkyl halides is 3. The molecular formula is C24H29F3N2O. The minimum absolute atomic E-state index is 0.254. The molecule has 1 N–H and O–H groups in total. The molecule has 1 amide bonds. The van der Waals surface area contributed by atoms with Crippen molar-refractivity contribution in [1.29, 1.82) is 0 Å². The van der Waals surface area contributed by atoms with Crippen LogP contribution in [0.5, 0.6) is 0 Å². The van der Waals surface area contributed by atoms with Gasteiger partial charge < -0.3 is 10.2 Å². The van der Waals surface area contributed by atoms with E-state index < -0.39 is 11.7 Å². The largest absolute Gasteiger partial charge is 0.416 e. The van der Waals surface area contributed by atoms with Crippen molar-refractivity contribution in [3.05, 3.63) is 47.5 Å². The van der Waals surface area contributed by atoms with Crippen molar-refractivity contribution in [2.75, 3.05) is 13.1 Å². The van der Waals surface area contributed by atoms with Crippen LogP contribution >= 0.6 is 0 Å². The molecule has 1 heterocycles. The van der Waals surface area contributed by atoms with Crippen molar-refractivity contribution < 1.29 is 18.0 Å². The topological polar surface area (TPSA) is 32.3 Å². The van der Waals surface area contributed by atoms with Gasteiger partial charge in [-0.05, 0) is 73.4 Å². The van der Waals surface area contributed by atoms with Crippen molar-refractivity contribution in [2.24, 2.45) is 23.2 Å². The van der Waals surface area contributed by atoms with Crippen LogP contribution in [0.1, 0.15) is 49.7 Å². The predicted octanol–water partition coefficient (Wildman–Crippen LogP) is 4.78. The smallest absolute Gasteiger partial charge is 0.339 e. The first-order valence-corrected chi connectivity index (χ1v) is 11.2. The van der Waals surface area contributed by atoms with E-state index in [1.807, 2.05) is 0 Å². The van der Waals surface area contributed by atoms with Crippen LogP contribution in [0.15, 0.2) is 36.4 Å². The standard InChI is InChI=1S/C24H29F3N2O/c25-24(26,27)19-3-1-2-16(12-19)14-28-11-8-20-5-7-22(30)29(20)15-17-13-18-4-6-21(17)23(18)9-10-23/h1-4,6,12,17-18,20-21,28H,5,7-11,13-15H2/t17-,18-,20+,21-/m1/s1. The van der Waals surface area contributed by atoms with E-state index in [1.165, 1.54) is 31.4 Å². The van der Waals surface area contributed by atoms with Gasteiger partial charge in [0.25, 0.3) is 0 Å². The van der Waals surface area contributed by atoms with E-state index in [9.17, 15) is 18.0 Å². The summed E-state index contributed by atoms with van der Waals surface area (Å²) in [7, 11) is 0. The highest BCUT2D eigenvalue weighted by Crippen LogP contribution is 2.70. The van der Waals surface area contributed by atoms with Gasteiger partial charge in [-0.1, -0.05) is 30.4 Å². The number of nitrogens with zero attached hydrogens (tertiary/aromatic N) is 1. The number of benzene rings is 1. The average molecular weight is 419 g/mol. The number of nitrogens with one attached hydrogen (secondary N) is 1. The maximum Gasteiger partial charge on any atom is 0.416 e. The summed E-state index contributed by atoms with van der Waals surface area (Å²) in [5.41, 5.74) is 0.575. The molecule has 1 saturated heterocycles. The van der Waals surface area contributed by atoms with Gasteiger partial charge in [0.05, 0.1) is 5.56 Å². The van der Waals surface area contributed by atoms with Crippen LogP contribution in [-0.4, -0.2) is 29.9 Å². The number of amides is 1. The van der Waals surface area contributed by atoms with Crippen molar-refractivity contribution in [3.8, 4) is 0 Å². The van der Waals surface area contributed by atoms with Crippen molar-refractivity contribution in [1.82, 2.24) is 10.2 Å². The lowest BCUT2D eigenvalue weighted by atomic mass is 9.88. The maximum absolute atomic E-state index is 12.9. The Labute approximate surface area is 175 Å². The first-order valence-electron chi connectivity index (χ1n) is 11.2. The molecule has 162 valence electrons. The second-order valence-electron chi connectivity index (χ2n) is 9.65. The molecule has 4 atom stereocenters. The Kier molecular flexibility index (Phi) is 4.96. The van der Waals surface area contributed by atoms with Gasteiger partial charge in [0.2, 0.25) is 5.91 Å². The summed E-state index contributed by atoms with van der Waals surface area (Å²) in [5.74, 6) is 2.27. The van der Waals surface area contributed by atoms with Crippen LogP contribution in [0.25, 0.3) is 0 Å². The third kappa shape index (κ3) is 3.57. The minimum atomic E-state index is -4.31. The van der Waals surface area contributed by atoms with Crippen LogP contribution in [0.4, 0.5) is 13.2 Å². The number of halogens is 3. The zero-order valence-corrected chi connectivity index (χ0v) is 17.1. The molecule has 2 bridgehead atoms. The van der Waals surface area contributed by atoms with Gasteiger partial charge in [0, 0.05) is 25.6 Å². The molecule has 0 radical (unpaired) electrons. The Bertz CT molecular complexity index is 845. The highest BCUT2D eigenvalue weighted by atomic mass is 19.4.